The van der Waals surface area contributed by atoms with Crippen molar-refractivity contribution in [1.82, 2.24) is 9.97 Å². The summed E-state index contributed by atoms with van der Waals surface area (Å²) in [5.41, 5.74) is 2.85. The second kappa shape index (κ2) is 5.52. The average Bonchev–Trinajstić information content (AvgIpc) is 2.37. The summed E-state index contributed by atoms with van der Waals surface area (Å²) >= 11 is 3.50. The zero-order chi connectivity index (χ0) is 13.1. The zero-order valence-corrected chi connectivity index (χ0v) is 12.2. The van der Waals surface area contributed by atoms with Gasteiger partial charge in [0.1, 0.15) is 0 Å². The van der Waals surface area contributed by atoms with Crippen LogP contribution in [-0.2, 0) is 6.42 Å². The fraction of sp³-hybridized carbons (Fsp3) is 0.385. The van der Waals surface area contributed by atoms with E-state index in [4.69, 9.17) is 9.47 Å². The van der Waals surface area contributed by atoms with Crippen molar-refractivity contribution in [3.05, 3.63) is 22.2 Å². The van der Waals surface area contributed by atoms with E-state index in [9.17, 15) is 0 Å². The molecule has 0 atom stereocenters. The molecule has 0 aliphatic carbocycles. The van der Waals surface area contributed by atoms with E-state index >= 15 is 0 Å². The quantitative estimate of drug-likeness (QED) is 0.868. The van der Waals surface area contributed by atoms with Crippen LogP contribution in [0.3, 0.4) is 0 Å². The lowest BCUT2D eigenvalue weighted by Gasteiger charge is -2.10. The molecule has 0 amide bonds. The predicted molar refractivity (Wildman–Crippen MR) is 74.3 cm³/mol. The Morgan fingerprint density at radius 1 is 1.11 bits per heavy atom. The van der Waals surface area contributed by atoms with Gasteiger partial charge in [0.05, 0.1) is 25.3 Å². The van der Waals surface area contributed by atoms with Crippen molar-refractivity contribution in [2.75, 3.05) is 14.2 Å². The van der Waals surface area contributed by atoms with Gasteiger partial charge in [-0.05, 0) is 24.1 Å². The van der Waals surface area contributed by atoms with Gasteiger partial charge in [-0.25, -0.2) is 9.97 Å². The molecule has 5 heteroatoms. The summed E-state index contributed by atoms with van der Waals surface area (Å²) in [5, 5.41) is 0. The molecule has 0 fully saturated rings. The molecule has 2 aromatic rings. The topological polar surface area (TPSA) is 44.2 Å². The van der Waals surface area contributed by atoms with Gasteiger partial charge < -0.3 is 9.47 Å². The molecule has 96 valence electrons. The number of aromatic nitrogens is 2. The smallest absolute Gasteiger partial charge is 0.278 e. The Morgan fingerprint density at radius 2 is 1.78 bits per heavy atom. The molecule has 2 rings (SSSR count). The van der Waals surface area contributed by atoms with Gasteiger partial charge in [0, 0.05) is 4.47 Å². The van der Waals surface area contributed by atoms with Crippen molar-refractivity contribution in [1.29, 1.82) is 0 Å². The molecule has 1 aromatic heterocycles. The highest BCUT2D eigenvalue weighted by Gasteiger charge is 2.13. The normalized spacial score (nSPS) is 10.7. The molecule has 0 spiro atoms. The molecule has 0 saturated heterocycles. The van der Waals surface area contributed by atoms with Crippen molar-refractivity contribution in [2.24, 2.45) is 0 Å². The van der Waals surface area contributed by atoms with Gasteiger partial charge in [0.15, 0.2) is 0 Å². The third kappa shape index (κ3) is 2.41. The van der Waals surface area contributed by atoms with E-state index in [0.717, 1.165) is 33.9 Å². The van der Waals surface area contributed by atoms with Crippen LogP contribution in [0.4, 0.5) is 0 Å². The first kappa shape index (κ1) is 13.1. The number of methoxy groups -OCH3 is 2. The lowest BCUT2D eigenvalue weighted by molar-refractivity contribution is 0.334. The second-order valence-electron chi connectivity index (χ2n) is 3.92. The minimum atomic E-state index is 0.408. The summed E-state index contributed by atoms with van der Waals surface area (Å²) in [6.07, 6.45) is 2.02. The first-order valence-electron chi connectivity index (χ1n) is 5.77. The van der Waals surface area contributed by atoms with Crippen LogP contribution in [0, 0.1) is 0 Å². The molecule has 1 aromatic carbocycles. The Morgan fingerprint density at radius 3 is 2.39 bits per heavy atom. The minimum Gasteiger partial charge on any atom is -0.477 e. The Kier molecular flexibility index (Phi) is 4.01. The molecule has 4 nitrogen and oxygen atoms in total. The first-order chi connectivity index (χ1) is 8.69. The maximum absolute atomic E-state index is 5.20. The largest absolute Gasteiger partial charge is 0.477 e. The van der Waals surface area contributed by atoms with Crippen molar-refractivity contribution in [3.63, 3.8) is 0 Å². The highest BCUT2D eigenvalue weighted by molar-refractivity contribution is 9.10. The van der Waals surface area contributed by atoms with Crippen LogP contribution in [0.2, 0.25) is 0 Å². The summed E-state index contributed by atoms with van der Waals surface area (Å²) in [6.45, 7) is 2.14. The lowest BCUT2D eigenvalue weighted by atomic mass is 10.1. The molecule has 18 heavy (non-hydrogen) atoms. The fourth-order valence-corrected chi connectivity index (χ4v) is 2.38. The number of halogens is 1. The molecular weight excluding hydrogens is 296 g/mol. The van der Waals surface area contributed by atoms with E-state index in [1.54, 1.807) is 14.2 Å². The van der Waals surface area contributed by atoms with Crippen molar-refractivity contribution >= 4 is 27.0 Å². The van der Waals surface area contributed by atoms with Gasteiger partial charge in [-0.1, -0.05) is 29.3 Å². The first-order valence-corrected chi connectivity index (χ1v) is 6.57. The van der Waals surface area contributed by atoms with E-state index in [-0.39, 0.29) is 0 Å². The average molecular weight is 311 g/mol. The minimum absolute atomic E-state index is 0.408. The van der Waals surface area contributed by atoms with Crippen molar-refractivity contribution in [2.45, 2.75) is 19.8 Å². The summed E-state index contributed by atoms with van der Waals surface area (Å²) in [7, 11) is 3.13. The van der Waals surface area contributed by atoms with Crippen molar-refractivity contribution < 1.29 is 9.47 Å². The van der Waals surface area contributed by atoms with Crippen molar-refractivity contribution in [3.8, 4) is 11.8 Å². The molecule has 0 aliphatic heterocycles. The van der Waals surface area contributed by atoms with E-state index in [2.05, 4.69) is 38.9 Å². The number of benzene rings is 1. The number of aryl methyl sites for hydroxylation is 1. The lowest BCUT2D eigenvalue weighted by Crippen LogP contribution is -1.99. The SMILES string of the molecule is CCCc1cc(Br)cc2nc(OC)c(OC)nc12. The number of ether oxygens (including phenoxy) is 2. The van der Waals surface area contributed by atoms with Crippen LogP contribution < -0.4 is 9.47 Å². The van der Waals surface area contributed by atoms with E-state index < -0.39 is 0 Å². The molecule has 1 heterocycles. The number of nitrogens with zero attached hydrogens (tertiary/aromatic N) is 2. The van der Waals surface area contributed by atoms with Gasteiger partial charge in [-0.15, -0.1) is 0 Å². The van der Waals surface area contributed by atoms with Crippen LogP contribution in [0.25, 0.3) is 11.0 Å². The molecule has 0 bridgehead atoms. The summed E-state index contributed by atoms with van der Waals surface area (Å²) < 4.78 is 11.4. The van der Waals surface area contributed by atoms with Crippen LogP contribution in [0.5, 0.6) is 11.8 Å². The third-order valence-electron chi connectivity index (χ3n) is 2.66. The summed E-state index contributed by atoms with van der Waals surface area (Å²) in [6, 6.07) is 4.01. The van der Waals surface area contributed by atoms with Gasteiger partial charge in [0.25, 0.3) is 11.8 Å². The maximum atomic E-state index is 5.20. The van der Waals surface area contributed by atoms with Crippen LogP contribution in [0.1, 0.15) is 18.9 Å². The number of fused-ring (bicyclic) bond motifs is 1. The van der Waals surface area contributed by atoms with E-state index in [1.807, 2.05) is 6.07 Å². The molecule has 0 saturated carbocycles. The standard InChI is InChI=1S/C13H15BrN2O2/c1-4-5-8-6-9(14)7-10-11(8)16-13(18-3)12(15-10)17-2/h6-7H,4-5H2,1-3H3. The Balaban J connectivity index is 2.70. The van der Waals surface area contributed by atoms with Gasteiger partial charge in [0.2, 0.25) is 0 Å². The Hall–Kier alpha value is -1.36. The number of rotatable bonds is 4. The molecule has 0 N–H and O–H groups in total. The molecule has 0 aliphatic rings. The number of hydrogen-bond donors (Lipinski definition) is 0. The Labute approximate surface area is 114 Å². The summed E-state index contributed by atoms with van der Waals surface area (Å²) in [5.74, 6) is 0.829. The monoisotopic (exact) mass is 310 g/mol. The molecular formula is C13H15BrN2O2. The number of hydrogen-bond acceptors (Lipinski definition) is 4. The third-order valence-corrected chi connectivity index (χ3v) is 3.12. The fourth-order valence-electron chi connectivity index (χ4n) is 1.89. The van der Waals surface area contributed by atoms with E-state index in [0.29, 0.717) is 11.8 Å². The summed E-state index contributed by atoms with van der Waals surface area (Å²) in [4.78, 5) is 8.92. The highest BCUT2D eigenvalue weighted by atomic mass is 79.9. The van der Waals surface area contributed by atoms with Gasteiger partial charge in [-0.3, -0.25) is 0 Å². The van der Waals surface area contributed by atoms with Crippen LogP contribution >= 0.6 is 15.9 Å². The van der Waals surface area contributed by atoms with Gasteiger partial charge >= 0.3 is 0 Å². The zero-order valence-electron chi connectivity index (χ0n) is 10.7. The molecule has 0 radical (unpaired) electrons. The maximum Gasteiger partial charge on any atom is 0.278 e. The highest BCUT2D eigenvalue weighted by Crippen LogP contribution is 2.29. The van der Waals surface area contributed by atoms with Crippen LogP contribution in [-0.4, -0.2) is 24.2 Å². The van der Waals surface area contributed by atoms with Crippen LogP contribution in [0.15, 0.2) is 16.6 Å². The van der Waals surface area contributed by atoms with Gasteiger partial charge in [-0.2, -0.15) is 0 Å². The molecule has 0 unspecified atom stereocenters. The second-order valence-corrected chi connectivity index (χ2v) is 4.84. The Bertz CT molecular complexity index is 572. The van der Waals surface area contributed by atoms with E-state index in [1.165, 1.54) is 0 Å². The predicted octanol–water partition coefficient (Wildman–Crippen LogP) is 3.36.